The topological polar surface area (TPSA) is 57.4 Å². The Kier molecular flexibility index (Phi) is 6.71. The molecule has 0 aliphatic heterocycles. The Morgan fingerprint density at radius 3 is 2.33 bits per heavy atom. The quantitative estimate of drug-likeness (QED) is 0.492. The van der Waals surface area contributed by atoms with Crippen molar-refractivity contribution in [2.75, 3.05) is 12.4 Å². The molecule has 0 spiro atoms. The summed E-state index contributed by atoms with van der Waals surface area (Å²) in [7, 11) is 1.62. The summed E-state index contributed by atoms with van der Waals surface area (Å²) < 4.78 is 18.6. The fourth-order valence-electron chi connectivity index (χ4n) is 1.80. The van der Waals surface area contributed by atoms with E-state index in [0.29, 0.717) is 11.7 Å². The summed E-state index contributed by atoms with van der Waals surface area (Å²) in [6.45, 7) is 0.547. The summed E-state index contributed by atoms with van der Waals surface area (Å²) in [5.41, 5.74) is 6.76. The lowest BCUT2D eigenvalue weighted by Crippen LogP contribution is -2.48. The van der Waals surface area contributed by atoms with Crippen molar-refractivity contribution in [1.29, 1.82) is 0 Å². The molecule has 0 radical (unpaired) electrons. The minimum atomic E-state index is -0.387. The Bertz CT molecular complexity index is 709. The molecular formula is C16H17FN4OS2. The summed E-state index contributed by atoms with van der Waals surface area (Å²) in [5, 5.41) is 6.32. The zero-order valence-corrected chi connectivity index (χ0v) is 14.6. The van der Waals surface area contributed by atoms with Crippen LogP contribution >= 0.6 is 24.4 Å². The van der Waals surface area contributed by atoms with Crippen LogP contribution in [0.4, 0.5) is 10.1 Å². The van der Waals surface area contributed by atoms with Crippen molar-refractivity contribution < 1.29 is 9.13 Å². The van der Waals surface area contributed by atoms with Crippen LogP contribution in [0.1, 0.15) is 5.56 Å². The van der Waals surface area contributed by atoms with E-state index in [9.17, 15) is 4.39 Å². The van der Waals surface area contributed by atoms with Gasteiger partial charge in [0.25, 0.3) is 0 Å². The Balaban J connectivity index is 1.72. The third kappa shape index (κ3) is 5.64. The predicted octanol–water partition coefficient (Wildman–Crippen LogP) is 2.70. The molecule has 0 unspecified atom stereocenters. The lowest BCUT2D eigenvalue weighted by atomic mass is 10.2. The van der Waals surface area contributed by atoms with E-state index in [1.807, 2.05) is 24.3 Å². The van der Waals surface area contributed by atoms with E-state index in [-0.39, 0.29) is 16.6 Å². The number of hydrogen-bond acceptors (Lipinski definition) is 3. The molecule has 0 amide bonds. The zero-order chi connectivity index (χ0) is 17.4. The Morgan fingerprint density at radius 2 is 1.67 bits per heavy atom. The maximum absolute atomic E-state index is 13.5. The first-order chi connectivity index (χ1) is 11.6. The molecule has 24 heavy (non-hydrogen) atoms. The molecule has 5 nitrogen and oxygen atoms in total. The molecule has 0 saturated carbocycles. The highest BCUT2D eigenvalue weighted by molar-refractivity contribution is 7.80. The molecular weight excluding hydrogens is 347 g/mol. The molecule has 0 saturated heterocycles. The lowest BCUT2D eigenvalue weighted by molar-refractivity contribution is 0.414. The number of methoxy groups -OCH3 is 1. The van der Waals surface area contributed by atoms with Gasteiger partial charge in [-0.05, 0) is 54.3 Å². The summed E-state index contributed by atoms with van der Waals surface area (Å²) in [4.78, 5) is 0. The molecule has 2 aromatic rings. The van der Waals surface area contributed by atoms with Gasteiger partial charge in [-0.1, -0.05) is 24.3 Å². The van der Waals surface area contributed by atoms with Crippen molar-refractivity contribution in [3.8, 4) is 5.75 Å². The standard InChI is InChI=1S/C16H17FN4OS2/c1-22-12-8-6-11(7-9-12)10-18-15(23)20-21-16(24)19-14-5-3-2-4-13(14)17/h2-9H,10H2,1H3,(H2,18,20,23)(H2,19,21,24). The van der Waals surface area contributed by atoms with Crippen LogP contribution in [0.2, 0.25) is 0 Å². The van der Waals surface area contributed by atoms with Gasteiger partial charge < -0.3 is 15.4 Å². The van der Waals surface area contributed by atoms with Crippen molar-refractivity contribution in [1.82, 2.24) is 16.2 Å². The van der Waals surface area contributed by atoms with Crippen molar-refractivity contribution >= 4 is 40.3 Å². The van der Waals surface area contributed by atoms with E-state index >= 15 is 0 Å². The smallest absolute Gasteiger partial charge is 0.189 e. The average molecular weight is 364 g/mol. The van der Waals surface area contributed by atoms with Gasteiger partial charge in [0.1, 0.15) is 11.6 Å². The summed E-state index contributed by atoms with van der Waals surface area (Å²) in [6.07, 6.45) is 0. The van der Waals surface area contributed by atoms with Gasteiger partial charge in [-0.3, -0.25) is 10.9 Å². The van der Waals surface area contributed by atoms with Gasteiger partial charge in [-0.2, -0.15) is 0 Å². The summed E-state index contributed by atoms with van der Waals surface area (Å²) >= 11 is 10.2. The number of halogens is 1. The van der Waals surface area contributed by atoms with Crippen LogP contribution in [-0.4, -0.2) is 17.3 Å². The molecule has 4 N–H and O–H groups in total. The maximum atomic E-state index is 13.5. The lowest BCUT2D eigenvalue weighted by Gasteiger charge is -2.14. The highest BCUT2D eigenvalue weighted by Crippen LogP contribution is 2.12. The van der Waals surface area contributed by atoms with Gasteiger partial charge in [0.2, 0.25) is 0 Å². The van der Waals surface area contributed by atoms with Gasteiger partial charge >= 0.3 is 0 Å². The van der Waals surface area contributed by atoms with Crippen LogP contribution in [0.15, 0.2) is 48.5 Å². The second-order valence-electron chi connectivity index (χ2n) is 4.71. The molecule has 0 heterocycles. The second-order valence-corrected chi connectivity index (χ2v) is 5.53. The number of thiocarbonyl (C=S) groups is 2. The predicted molar refractivity (Wildman–Crippen MR) is 101 cm³/mol. The van der Waals surface area contributed by atoms with Crippen molar-refractivity contribution in [2.24, 2.45) is 0 Å². The van der Waals surface area contributed by atoms with Crippen LogP contribution in [-0.2, 0) is 6.54 Å². The molecule has 0 bridgehead atoms. The third-order valence-corrected chi connectivity index (χ3v) is 3.47. The normalized spacial score (nSPS) is 9.75. The molecule has 0 atom stereocenters. The molecule has 126 valence electrons. The van der Waals surface area contributed by atoms with Crippen molar-refractivity contribution in [2.45, 2.75) is 6.54 Å². The van der Waals surface area contributed by atoms with Crippen LogP contribution < -0.4 is 26.2 Å². The van der Waals surface area contributed by atoms with Gasteiger partial charge in [-0.25, -0.2) is 4.39 Å². The summed E-state index contributed by atoms with van der Waals surface area (Å²) in [6, 6.07) is 13.9. The minimum absolute atomic E-state index is 0.202. The van der Waals surface area contributed by atoms with E-state index in [4.69, 9.17) is 29.2 Å². The first kappa shape index (κ1) is 17.9. The number of rotatable bonds is 4. The average Bonchev–Trinajstić information content (AvgIpc) is 2.60. The van der Waals surface area contributed by atoms with Gasteiger partial charge in [-0.15, -0.1) is 0 Å². The van der Waals surface area contributed by atoms with Crippen LogP contribution in [0.5, 0.6) is 5.75 Å². The monoisotopic (exact) mass is 364 g/mol. The fourth-order valence-corrected chi connectivity index (χ4v) is 2.08. The number of nitrogens with one attached hydrogen (secondary N) is 4. The zero-order valence-electron chi connectivity index (χ0n) is 12.9. The van der Waals surface area contributed by atoms with E-state index in [1.165, 1.54) is 6.07 Å². The van der Waals surface area contributed by atoms with Crippen LogP contribution in [0.3, 0.4) is 0 Å². The SMILES string of the molecule is COc1ccc(CNC(=S)NNC(=S)Nc2ccccc2F)cc1. The van der Waals surface area contributed by atoms with Crippen LogP contribution in [0.25, 0.3) is 0 Å². The van der Waals surface area contributed by atoms with Crippen molar-refractivity contribution in [3.63, 3.8) is 0 Å². The number of hydrazine groups is 1. The number of benzene rings is 2. The van der Waals surface area contributed by atoms with E-state index < -0.39 is 0 Å². The van der Waals surface area contributed by atoms with E-state index in [0.717, 1.165) is 11.3 Å². The first-order valence-electron chi connectivity index (χ1n) is 7.07. The number of ether oxygens (including phenoxy) is 1. The molecule has 2 rings (SSSR count). The number of anilines is 1. The van der Waals surface area contributed by atoms with Gasteiger partial charge in [0.05, 0.1) is 12.8 Å². The highest BCUT2D eigenvalue weighted by Gasteiger charge is 2.03. The highest BCUT2D eigenvalue weighted by atomic mass is 32.1. The molecule has 0 aromatic heterocycles. The Labute approximate surface area is 150 Å². The maximum Gasteiger partial charge on any atom is 0.189 e. The van der Waals surface area contributed by atoms with Crippen molar-refractivity contribution in [3.05, 3.63) is 59.9 Å². The summed E-state index contributed by atoms with van der Waals surface area (Å²) in [5.74, 6) is 0.410. The van der Waals surface area contributed by atoms with E-state index in [1.54, 1.807) is 25.3 Å². The number of hydrogen-bond donors (Lipinski definition) is 4. The molecule has 2 aromatic carbocycles. The fraction of sp³-hybridized carbons (Fsp3) is 0.125. The number of para-hydroxylation sites is 1. The first-order valence-corrected chi connectivity index (χ1v) is 7.88. The molecule has 8 heteroatoms. The molecule has 0 aliphatic carbocycles. The van der Waals surface area contributed by atoms with E-state index in [2.05, 4.69) is 21.5 Å². The molecule has 0 fully saturated rings. The third-order valence-electron chi connectivity index (χ3n) is 3.02. The molecule has 0 aliphatic rings. The largest absolute Gasteiger partial charge is 0.497 e. The Morgan fingerprint density at radius 1 is 1.00 bits per heavy atom. The second kappa shape index (κ2) is 8.99. The van der Waals surface area contributed by atoms with Crippen LogP contribution in [0, 0.1) is 5.82 Å². The van der Waals surface area contributed by atoms with Gasteiger partial charge in [0, 0.05) is 6.54 Å². The van der Waals surface area contributed by atoms with Gasteiger partial charge in [0.15, 0.2) is 10.2 Å². The minimum Gasteiger partial charge on any atom is -0.497 e. The Hall–Kier alpha value is -2.45.